The lowest BCUT2D eigenvalue weighted by Crippen LogP contribution is -2.05. The summed E-state index contributed by atoms with van der Waals surface area (Å²) >= 11 is 6.94. The number of aliphatic hydroxyl groups excluding tert-OH is 1. The minimum Gasteiger partial charge on any atom is -0.493 e. The molecule has 0 aliphatic rings. The molecule has 0 amide bonds. The number of aliphatic hydroxyl groups is 1. The molecule has 0 aromatic heterocycles. The van der Waals surface area contributed by atoms with Crippen molar-refractivity contribution < 1.29 is 9.84 Å². The van der Waals surface area contributed by atoms with Gasteiger partial charge in [-0.25, -0.2) is 0 Å². The summed E-state index contributed by atoms with van der Waals surface area (Å²) in [7, 11) is 0. The molecular formula is C16H16Br2O2. The summed E-state index contributed by atoms with van der Waals surface area (Å²) in [5.41, 5.74) is 2.70. The molecule has 0 aliphatic heterocycles. The smallest absolute Gasteiger partial charge is 0.125 e. The van der Waals surface area contributed by atoms with Gasteiger partial charge in [-0.3, -0.25) is 0 Å². The molecular weight excluding hydrogens is 384 g/mol. The third-order valence-corrected chi connectivity index (χ3v) is 4.23. The summed E-state index contributed by atoms with van der Waals surface area (Å²) in [4.78, 5) is 0. The molecule has 0 saturated heterocycles. The highest BCUT2D eigenvalue weighted by Crippen LogP contribution is 2.35. The molecule has 0 fully saturated rings. The number of rotatable bonds is 4. The van der Waals surface area contributed by atoms with Crippen LogP contribution in [-0.4, -0.2) is 11.7 Å². The van der Waals surface area contributed by atoms with E-state index in [0.29, 0.717) is 12.4 Å². The van der Waals surface area contributed by atoms with Gasteiger partial charge in [-0.05, 0) is 43.7 Å². The first-order chi connectivity index (χ1) is 9.52. The highest BCUT2D eigenvalue weighted by atomic mass is 79.9. The zero-order valence-electron chi connectivity index (χ0n) is 11.4. The molecule has 0 radical (unpaired) electrons. The molecule has 0 bridgehead atoms. The second-order valence-electron chi connectivity index (χ2n) is 4.54. The van der Waals surface area contributed by atoms with Crippen molar-refractivity contribution in [2.24, 2.45) is 0 Å². The Kier molecular flexibility index (Phi) is 5.24. The number of aryl methyl sites for hydroxylation is 1. The first kappa shape index (κ1) is 15.5. The second-order valence-corrected chi connectivity index (χ2v) is 6.31. The monoisotopic (exact) mass is 398 g/mol. The van der Waals surface area contributed by atoms with Crippen molar-refractivity contribution in [3.05, 3.63) is 62.0 Å². The summed E-state index contributed by atoms with van der Waals surface area (Å²) in [5, 5.41) is 10.7. The van der Waals surface area contributed by atoms with Crippen molar-refractivity contribution in [2.75, 3.05) is 6.61 Å². The summed E-state index contributed by atoms with van der Waals surface area (Å²) in [6.07, 6.45) is -0.733. The third-order valence-electron chi connectivity index (χ3n) is 3.01. The Morgan fingerprint density at radius 1 is 1.10 bits per heavy atom. The van der Waals surface area contributed by atoms with Crippen LogP contribution in [0.25, 0.3) is 0 Å². The fraction of sp³-hybridized carbons (Fsp3) is 0.250. The van der Waals surface area contributed by atoms with Crippen molar-refractivity contribution in [2.45, 2.75) is 20.0 Å². The normalized spacial score (nSPS) is 12.2. The zero-order chi connectivity index (χ0) is 14.7. The van der Waals surface area contributed by atoms with Crippen LogP contribution in [0.1, 0.15) is 29.7 Å². The van der Waals surface area contributed by atoms with Crippen molar-refractivity contribution in [3.8, 4) is 5.75 Å². The Morgan fingerprint density at radius 3 is 2.55 bits per heavy atom. The number of hydrogen-bond donors (Lipinski definition) is 1. The average molecular weight is 400 g/mol. The van der Waals surface area contributed by atoms with Gasteiger partial charge in [0.15, 0.2) is 0 Å². The Labute approximate surface area is 136 Å². The maximum Gasteiger partial charge on any atom is 0.125 e. The molecule has 2 aromatic rings. The van der Waals surface area contributed by atoms with Crippen LogP contribution in [0.4, 0.5) is 0 Å². The van der Waals surface area contributed by atoms with Crippen molar-refractivity contribution in [3.63, 3.8) is 0 Å². The highest BCUT2D eigenvalue weighted by molar-refractivity contribution is 9.10. The van der Waals surface area contributed by atoms with Gasteiger partial charge >= 0.3 is 0 Å². The average Bonchev–Trinajstić information content (AvgIpc) is 2.43. The van der Waals surface area contributed by atoms with E-state index in [9.17, 15) is 5.11 Å². The van der Waals surface area contributed by atoms with Crippen LogP contribution < -0.4 is 4.74 Å². The first-order valence-corrected chi connectivity index (χ1v) is 7.98. The molecule has 20 heavy (non-hydrogen) atoms. The Balaban J connectivity index is 2.49. The van der Waals surface area contributed by atoms with Crippen LogP contribution in [0.2, 0.25) is 0 Å². The molecule has 1 unspecified atom stereocenters. The van der Waals surface area contributed by atoms with Crippen LogP contribution in [-0.2, 0) is 0 Å². The molecule has 106 valence electrons. The number of hydrogen-bond acceptors (Lipinski definition) is 2. The molecule has 0 aliphatic carbocycles. The van der Waals surface area contributed by atoms with Crippen LogP contribution >= 0.6 is 31.9 Å². The molecule has 4 heteroatoms. The topological polar surface area (TPSA) is 29.5 Å². The van der Waals surface area contributed by atoms with Gasteiger partial charge in [-0.15, -0.1) is 0 Å². The molecule has 2 aromatic carbocycles. The zero-order valence-corrected chi connectivity index (χ0v) is 14.5. The Bertz CT molecular complexity index is 611. The van der Waals surface area contributed by atoms with E-state index < -0.39 is 6.10 Å². The fourth-order valence-electron chi connectivity index (χ4n) is 2.06. The van der Waals surface area contributed by atoms with Crippen molar-refractivity contribution in [1.82, 2.24) is 0 Å². The van der Waals surface area contributed by atoms with Crippen LogP contribution in [0.5, 0.6) is 5.75 Å². The number of halogens is 2. The molecule has 1 N–H and O–H groups in total. The third kappa shape index (κ3) is 3.43. The van der Waals surface area contributed by atoms with E-state index in [0.717, 1.165) is 25.6 Å². The quantitative estimate of drug-likeness (QED) is 0.783. The lowest BCUT2D eigenvalue weighted by atomic mass is 9.99. The summed E-state index contributed by atoms with van der Waals surface area (Å²) < 4.78 is 7.41. The highest BCUT2D eigenvalue weighted by Gasteiger charge is 2.18. The number of benzene rings is 2. The summed E-state index contributed by atoms with van der Waals surface area (Å²) in [6.45, 7) is 4.50. The predicted molar refractivity (Wildman–Crippen MR) is 88.3 cm³/mol. The minimum absolute atomic E-state index is 0.566. The van der Waals surface area contributed by atoms with Gasteiger partial charge in [-0.1, -0.05) is 49.6 Å². The molecule has 0 saturated carbocycles. The number of ether oxygens (including phenoxy) is 1. The standard InChI is InChI=1S/C16H16Br2O2/c1-3-20-15-7-5-11(17)9-13(15)16(19)12-8-10(2)4-6-14(12)18/h4-9,16,19H,3H2,1-2H3. The molecule has 0 heterocycles. The van der Waals surface area contributed by atoms with Crippen LogP contribution in [0.3, 0.4) is 0 Å². The fourth-order valence-corrected chi connectivity index (χ4v) is 2.90. The van der Waals surface area contributed by atoms with Gasteiger partial charge in [0.25, 0.3) is 0 Å². The minimum atomic E-state index is -0.733. The summed E-state index contributed by atoms with van der Waals surface area (Å²) in [5.74, 6) is 0.705. The SMILES string of the molecule is CCOc1ccc(Br)cc1C(O)c1cc(C)ccc1Br. The maximum atomic E-state index is 10.7. The van der Waals surface area contributed by atoms with Gasteiger partial charge in [0.05, 0.1) is 6.61 Å². The van der Waals surface area contributed by atoms with Gasteiger partial charge in [0.1, 0.15) is 11.9 Å². The van der Waals surface area contributed by atoms with Crippen LogP contribution in [0, 0.1) is 6.92 Å². The van der Waals surface area contributed by atoms with E-state index in [2.05, 4.69) is 31.9 Å². The van der Waals surface area contributed by atoms with Gasteiger partial charge in [-0.2, -0.15) is 0 Å². The lowest BCUT2D eigenvalue weighted by molar-refractivity contribution is 0.211. The summed E-state index contributed by atoms with van der Waals surface area (Å²) in [6, 6.07) is 11.6. The van der Waals surface area contributed by atoms with Crippen molar-refractivity contribution in [1.29, 1.82) is 0 Å². The maximum absolute atomic E-state index is 10.7. The van der Waals surface area contributed by atoms with E-state index in [1.165, 1.54) is 0 Å². The van der Waals surface area contributed by atoms with Crippen LogP contribution in [0.15, 0.2) is 45.3 Å². The largest absolute Gasteiger partial charge is 0.493 e. The van der Waals surface area contributed by atoms with E-state index in [-0.39, 0.29) is 0 Å². The molecule has 0 spiro atoms. The second kappa shape index (κ2) is 6.74. The Morgan fingerprint density at radius 2 is 1.85 bits per heavy atom. The van der Waals surface area contributed by atoms with Gasteiger partial charge in [0, 0.05) is 14.5 Å². The molecule has 2 nitrogen and oxygen atoms in total. The molecule has 2 rings (SSSR count). The van der Waals surface area contributed by atoms with Crippen molar-refractivity contribution >= 4 is 31.9 Å². The first-order valence-electron chi connectivity index (χ1n) is 6.39. The van der Waals surface area contributed by atoms with Gasteiger partial charge < -0.3 is 9.84 Å². The van der Waals surface area contributed by atoms with E-state index in [1.54, 1.807) is 0 Å². The predicted octanol–water partition coefficient (Wildman–Crippen LogP) is 5.00. The molecule has 1 atom stereocenters. The van der Waals surface area contributed by atoms with Gasteiger partial charge in [0.2, 0.25) is 0 Å². The van der Waals surface area contributed by atoms with E-state index >= 15 is 0 Å². The van der Waals surface area contributed by atoms with E-state index in [4.69, 9.17) is 4.74 Å². The Hall–Kier alpha value is -0.840. The van der Waals surface area contributed by atoms with E-state index in [1.807, 2.05) is 50.2 Å². The lowest BCUT2D eigenvalue weighted by Gasteiger charge is -2.18.